The fraction of sp³-hybridized carbons (Fsp3) is 0.632. The SMILES string of the molecule is COc1cc2c(cc1OC)N=C1C3CC4CC(C3)CC(C4)N1C2. The lowest BCUT2D eigenvalue weighted by atomic mass is 9.68. The molecule has 122 valence electrons. The summed E-state index contributed by atoms with van der Waals surface area (Å²) in [6.07, 6.45) is 6.90. The smallest absolute Gasteiger partial charge is 0.162 e. The van der Waals surface area contributed by atoms with E-state index in [0.717, 1.165) is 35.6 Å². The van der Waals surface area contributed by atoms with Crippen LogP contribution in [0.4, 0.5) is 5.69 Å². The highest BCUT2D eigenvalue weighted by Gasteiger charge is 2.46. The van der Waals surface area contributed by atoms with Crippen molar-refractivity contribution in [3.05, 3.63) is 17.7 Å². The van der Waals surface area contributed by atoms with Crippen molar-refractivity contribution < 1.29 is 9.47 Å². The van der Waals surface area contributed by atoms with Gasteiger partial charge in [0.1, 0.15) is 5.84 Å². The molecule has 0 radical (unpaired) electrons. The lowest BCUT2D eigenvalue weighted by Gasteiger charge is -2.39. The quantitative estimate of drug-likeness (QED) is 0.834. The lowest BCUT2D eigenvalue weighted by Crippen LogP contribution is -2.41. The summed E-state index contributed by atoms with van der Waals surface area (Å²) in [6.45, 7) is 0.981. The van der Waals surface area contributed by atoms with E-state index in [1.54, 1.807) is 14.2 Å². The van der Waals surface area contributed by atoms with Gasteiger partial charge in [-0.3, -0.25) is 0 Å². The average molecular weight is 312 g/mol. The zero-order valence-corrected chi connectivity index (χ0v) is 13.9. The summed E-state index contributed by atoms with van der Waals surface area (Å²) in [5.74, 6) is 5.48. The first-order valence-corrected chi connectivity index (χ1v) is 8.85. The van der Waals surface area contributed by atoms with Gasteiger partial charge in [0.2, 0.25) is 0 Å². The largest absolute Gasteiger partial charge is 0.493 e. The number of rotatable bonds is 2. The standard InChI is InChI=1S/C19H24N2O2/c1-22-17-8-14-10-21-15-6-11-3-12(7-15)5-13(4-11)19(21)20-16(14)9-18(17)23-2/h8-9,11-13,15H,3-7,10H2,1-2H3. The van der Waals surface area contributed by atoms with Crippen molar-refractivity contribution in [2.45, 2.75) is 44.7 Å². The Hall–Kier alpha value is -1.71. The second kappa shape index (κ2) is 4.89. The van der Waals surface area contributed by atoms with E-state index in [2.05, 4.69) is 11.0 Å². The Morgan fingerprint density at radius 2 is 1.65 bits per heavy atom. The molecule has 2 saturated heterocycles. The Kier molecular flexibility index (Phi) is 2.91. The minimum absolute atomic E-state index is 0.674. The van der Waals surface area contributed by atoms with Crippen molar-refractivity contribution in [2.75, 3.05) is 14.2 Å². The molecule has 1 aromatic carbocycles. The lowest BCUT2D eigenvalue weighted by molar-refractivity contribution is 0.128. The molecule has 3 aliphatic heterocycles. The Morgan fingerprint density at radius 3 is 2.35 bits per heavy atom. The number of hydrogen-bond donors (Lipinski definition) is 0. The molecule has 0 amide bonds. The molecule has 6 rings (SSSR count). The van der Waals surface area contributed by atoms with Crippen LogP contribution in [0, 0.1) is 17.8 Å². The predicted octanol–water partition coefficient (Wildman–Crippen LogP) is 3.76. The van der Waals surface area contributed by atoms with Crippen LogP contribution in [0.5, 0.6) is 11.5 Å². The van der Waals surface area contributed by atoms with Crippen LogP contribution in [0.15, 0.2) is 17.1 Å². The van der Waals surface area contributed by atoms with E-state index in [1.165, 1.54) is 43.5 Å². The third-order valence-corrected chi connectivity index (χ3v) is 6.37. The van der Waals surface area contributed by atoms with Crippen molar-refractivity contribution in [1.82, 2.24) is 4.90 Å². The molecule has 1 aromatic rings. The van der Waals surface area contributed by atoms with Crippen LogP contribution >= 0.6 is 0 Å². The molecular formula is C19H24N2O2. The molecule has 4 heteroatoms. The molecule has 23 heavy (non-hydrogen) atoms. The van der Waals surface area contributed by atoms with Gasteiger partial charge < -0.3 is 14.4 Å². The highest BCUT2D eigenvalue weighted by atomic mass is 16.5. The van der Waals surface area contributed by atoms with Crippen molar-refractivity contribution in [2.24, 2.45) is 22.7 Å². The van der Waals surface area contributed by atoms with Crippen molar-refractivity contribution in [3.8, 4) is 11.5 Å². The number of aliphatic imine (C=N–C) groups is 1. The van der Waals surface area contributed by atoms with Crippen LogP contribution in [-0.4, -0.2) is 31.0 Å². The van der Waals surface area contributed by atoms with E-state index in [4.69, 9.17) is 14.5 Å². The summed E-state index contributed by atoms with van der Waals surface area (Å²) in [4.78, 5) is 7.74. The number of hydrogen-bond acceptors (Lipinski definition) is 4. The molecule has 4 nitrogen and oxygen atoms in total. The summed E-state index contributed by atoms with van der Waals surface area (Å²) in [7, 11) is 3.40. The minimum atomic E-state index is 0.674. The van der Waals surface area contributed by atoms with Gasteiger partial charge in [-0.2, -0.15) is 0 Å². The number of ether oxygens (including phenoxy) is 2. The fourth-order valence-electron chi connectivity index (χ4n) is 5.52. The van der Waals surface area contributed by atoms with E-state index in [9.17, 15) is 0 Å². The summed E-state index contributed by atoms with van der Waals surface area (Å²) in [5.41, 5.74) is 2.35. The van der Waals surface area contributed by atoms with E-state index >= 15 is 0 Å². The molecule has 0 aromatic heterocycles. The van der Waals surface area contributed by atoms with Gasteiger partial charge in [-0.1, -0.05) is 0 Å². The Morgan fingerprint density at radius 1 is 0.957 bits per heavy atom. The summed E-state index contributed by atoms with van der Waals surface area (Å²) in [5, 5.41) is 0. The maximum absolute atomic E-state index is 5.48. The van der Waals surface area contributed by atoms with Gasteiger partial charge >= 0.3 is 0 Å². The topological polar surface area (TPSA) is 34.1 Å². The molecular weight excluding hydrogens is 288 g/mol. The Balaban J connectivity index is 1.61. The van der Waals surface area contributed by atoms with Crippen LogP contribution in [0.2, 0.25) is 0 Å². The second-order valence-electron chi connectivity index (χ2n) is 7.70. The maximum Gasteiger partial charge on any atom is 0.162 e. The van der Waals surface area contributed by atoms with Crippen molar-refractivity contribution in [3.63, 3.8) is 0 Å². The van der Waals surface area contributed by atoms with E-state index < -0.39 is 0 Å². The molecule has 2 aliphatic carbocycles. The molecule has 4 bridgehead atoms. The zero-order chi connectivity index (χ0) is 15.6. The Bertz CT molecular complexity index is 670. The van der Waals surface area contributed by atoms with Crippen LogP contribution in [0.25, 0.3) is 0 Å². The molecule has 0 spiro atoms. The summed E-state index contributed by atoms with van der Waals surface area (Å²) in [6, 6.07) is 4.87. The predicted molar refractivity (Wildman–Crippen MR) is 89.5 cm³/mol. The van der Waals surface area contributed by atoms with Gasteiger partial charge in [-0.25, -0.2) is 4.99 Å². The summed E-state index contributed by atoms with van der Waals surface area (Å²) >= 11 is 0. The second-order valence-corrected chi connectivity index (χ2v) is 7.70. The van der Waals surface area contributed by atoms with Crippen LogP contribution in [-0.2, 0) is 6.54 Å². The number of nitrogens with zero attached hydrogens (tertiary/aromatic N) is 2. The average Bonchev–Trinajstić information content (AvgIpc) is 2.73. The monoisotopic (exact) mass is 312 g/mol. The van der Waals surface area contributed by atoms with E-state index in [-0.39, 0.29) is 0 Å². The number of benzene rings is 1. The molecule has 0 N–H and O–H groups in total. The first-order chi connectivity index (χ1) is 11.2. The molecule has 2 saturated carbocycles. The maximum atomic E-state index is 5.48. The first-order valence-electron chi connectivity index (χ1n) is 8.85. The third-order valence-electron chi connectivity index (χ3n) is 6.37. The van der Waals surface area contributed by atoms with E-state index in [0.29, 0.717) is 12.0 Å². The van der Waals surface area contributed by atoms with Gasteiger partial charge in [-0.05, 0) is 50.0 Å². The van der Waals surface area contributed by atoms with Crippen LogP contribution in [0.1, 0.15) is 37.7 Å². The fourth-order valence-corrected chi connectivity index (χ4v) is 5.52. The molecule has 2 atom stereocenters. The van der Waals surface area contributed by atoms with Crippen molar-refractivity contribution in [1.29, 1.82) is 0 Å². The Labute approximate surface area is 137 Å². The number of fused-ring (bicyclic) bond motifs is 1. The van der Waals surface area contributed by atoms with E-state index in [1.807, 2.05) is 6.07 Å². The van der Waals surface area contributed by atoms with Gasteiger partial charge in [0, 0.05) is 30.1 Å². The third kappa shape index (κ3) is 2.00. The van der Waals surface area contributed by atoms with Gasteiger partial charge in [-0.15, -0.1) is 0 Å². The molecule has 2 unspecified atom stereocenters. The highest BCUT2D eigenvalue weighted by molar-refractivity contribution is 5.90. The van der Waals surface area contributed by atoms with Gasteiger partial charge in [0.25, 0.3) is 0 Å². The molecule has 5 aliphatic rings. The zero-order valence-electron chi connectivity index (χ0n) is 13.9. The van der Waals surface area contributed by atoms with Crippen molar-refractivity contribution >= 4 is 11.5 Å². The minimum Gasteiger partial charge on any atom is -0.493 e. The molecule has 4 fully saturated rings. The first kappa shape index (κ1) is 13.7. The number of methoxy groups -OCH3 is 2. The van der Waals surface area contributed by atoms with Gasteiger partial charge in [0.15, 0.2) is 11.5 Å². The molecule has 3 heterocycles. The van der Waals surface area contributed by atoms with Crippen LogP contribution < -0.4 is 9.47 Å². The van der Waals surface area contributed by atoms with Gasteiger partial charge in [0.05, 0.1) is 19.9 Å². The normalized spacial score (nSPS) is 33.7. The summed E-state index contributed by atoms with van der Waals surface area (Å²) < 4.78 is 10.9. The highest BCUT2D eigenvalue weighted by Crippen LogP contribution is 2.51. The van der Waals surface area contributed by atoms with Crippen LogP contribution in [0.3, 0.4) is 0 Å². The number of amidine groups is 1.